The van der Waals surface area contributed by atoms with E-state index in [-0.39, 0.29) is 0 Å². The van der Waals surface area contributed by atoms with Gasteiger partial charge in [0.05, 0.1) is 0 Å². The number of benzene rings is 1. The minimum absolute atomic E-state index is 0.313. The lowest BCUT2D eigenvalue weighted by Gasteiger charge is -2.26. The van der Waals surface area contributed by atoms with Gasteiger partial charge in [0.1, 0.15) is 0 Å². The van der Waals surface area contributed by atoms with Gasteiger partial charge in [-0.05, 0) is 36.6 Å². The zero-order valence-corrected chi connectivity index (χ0v) is 12.6. The topological polar surface area (TPSA) is 32.3 Å². The first-order valence-electron chi connectivity index (χ1n) is 7.57. The molecule has 1 N–H and O–H groups in total. The molecule has 108 valence electrons. The quantitative estimate of drug-likeness (QED) is 0.925. The molecule has 0 radical (unpaired) electrons. The van der Waals surface area contributed by atoms with Gasteiger partial charge >= 0.3 is 0 Å². The van der Waals surface area contributed by atoms with E-state index in [0.717, 1.165) is 31.8 Å². The Balaban J connectivity index is 1.50. The lowest BCUT2D eigenvalue weighted by molar-refractivity contribution is -0.130. The second-order valence-electron chi connectivity index (χ2n) is 5.52. The summed E-state index contributed by atoms with van der Waals surface area (Å²) >= 11 is 1.94. The summed E-state index contributed by atoms with van der Waals surface area (Å²) in [5, 5.41) is 3.57. The molecule has 1 aromatic rings. The monoisotopic (exact) mass is 290 g/mol. The fraction of sp³-hybridized carbons (Fsp3) is 0.562. The minimum Gasteiger partial charge on any atom is -0.343 e. The Morgan fingerprint density at radius 2 is 2.10 bits per heavy atom. The maximum absolute atomic E-state index is 12.0. The van der Waals surface area contributed by atoms with Crippen LogP contribution in [0, 0.1) is 0 Å². The van der Waals surface area contributed by atoms with E-state index in [1.54, 1.807) is 0 Å². The molecule has 3 rings (SSSR count). The van der Waals surface area contributed by atoms with Crippen LogP contribution in [0.15, 0.2) is 29.2 Å². The van der Waals surface area contributed by atoms with Crippen molar-refractivity contribution in [3.05, 3.63) is 29.8 Å². The molecular weight excluding hydrogens is 268 g/mol. The minimum atomic E-state index is 0.313. The first kappa shape index (κ1) is 14.0. The van der Waals surface area contributed by atoms with E-state index < -0.39 is 0 Å². The standard InChI is InChI=1S/C16H22N2OS/c19-16(18-10-3-4-11-18)7-9-17-14-8-12-20-15-6-2-1-5-13(14)15/h1-2,5-6,14,17H,3-4,7-12H2. The van der Waals surface area contributed by atoms with Gasteiger partial charge < -0.3 is 10.2 Å². The highest BCUT2D eigenvalue weighted by Gasteiger charge is 2.21. The zero-order valence-electron chi connectivity index (χ0n) is 11.8. The van der Waals surface area contributed by atoms with Crippen LogP contribution in [-0.4, -0.2) is 36.2 Å². The van der Waals surface area contributed by atoms with Crippen LogP contribution in [0.4, 0.5) is 0 Å². The number of carbonyl (C=O) groups is 1. The van der Waals surface area contributed by atoms with Gasteiger partial charge in [-0.2, -0.15) is 0 Å². The highest BCUT2D eigenvalue weighted by atomic mass is 32.2. The average molecular weight is 290 g/mol. The molecule has 0 saturated carbocycles. The van der Waals surface area contributed by atoms with Crippen LogP contribution in [0.25, 0.3) is 0 Å². The summed E-state index contributed by atoms with van der Waals surface area (Å²) in [6.07, 6.45) is 4.13. The van der Waals surface area contributed by atoms with Gasteiger partial charge in [0.15, 0.2) is 0 Å². The maximum atomic E-state index is 12.0. The summed E-state index contributed by atoms with van der Waals surface area (Å²) in [4.78, 5) is 15.4. The number of hydrogen-bond donors (Lipinski definition) is 1. The summed E-state index contributed by atoms with van der Waals surface area (Å²) in [5.41, 5.74) is 1.40. The van der Waals surface area contributed by atoms with Crippen LogP contribution in [0.3, 0.4) is 0 Å². The van der Waals surface area contributed by atoms with Crippen molar-refractivity contribution in [1.29, 1.82) is 0 Å². The van der Waals surface area contributed by atoms with Crippen LogP contribution in [0.1, 0.15) is 37.3 Å². The van der Waals surface area contributed by atoms with Crippen molar-refractivity contribution in [1.82, 2.24) is 10.2 Å². The van der Waals surface area contributed by atoms with Crippen molar-refractivity contribution in [3.8, 4) is 0 Å². The average Bonchev–Trinajstić information content (AvgIpc) is 3.02. The molecule has 2 heterocycles. The van der Waals surface area contributed by atoms with Gasteiger partial charge in [-0.1, -0.05) is 18.2 Å². The number of carbonyl (C=O) groups excluding carboxylic acids is 1. The number of amides is 1. The summed E-state index contributed by atoms with van der Waals surface area (Å²) < 4.78 is 0. The molecule has 3 nitrogen and oxygen atoms in total. The third-order valence-corrected chi connectivity index (χ3v) is 5.27. The van der Waals surface area contributed by atoms with Crippen molar-refractivity contribution < 1.29 is 4.79 Å². The smallest absolute Gasteiger partial charge is 0.223 e. The molecule has 1 amide bonds. The molecule has 1 aromatic carbocycles. The molecule has 0 aliphatic carbocycles. The number of hydrogen-bond acceptors (Lipinski definition) is 3. The third kappa shape index (κ3) is 3.18. The van der Waals surface area contributed by atoms with Crippen molar-refractivity contribution in [2.75, 3.05) is 25.4 Å². The largest absolute Gasteiger partial charge is 0.343 e. The normalized spacial score (nSPS) is 21.8. The van der Waals surface area contributed by atoms with E-state index in [1.165, 1.54) is 23.3 Å². The Hall–Kier alpha value is -1.00. The second kappa shape index (κ2) is 6.64. The van der Waals surface area contributed by atoms with Crippen LogP contribution >= 0.6 is 11.8 Å². The van der Waals surface area contributed by atoms with Crippen LogP contribution in [-0.2, 0) is 4.79 Å². The van der Waals surface area contributed by atoms with Crippen molar-refractivity contribution in [2.45, 2.75) is 36.6 Å². The predicted molar refractivity (Wildman–Crippen MR) is 83.0 cm³/mol. The fourth-order valence-electron chi connectivity index (χ4n) is 3.03. The summed E-state index contributed by atoms with van der Waals surface area (Å²) in [6, 6.07) is 9.03. The molecule has 20 heavy (non-hydrogen) atoms. The molecule has 1 atom stereocenters. The van der Waals surface area contributed by atoms with Crippen molar-refractivity contribution in [3.63, 3.8) is 0 Å². The predicted octanol–water partition coefficient (Wildman–Crippen LogP) is 2.83. The van der Waals surface area contributed by atoms with E-state index in [1.807, 2.05) is 16.7 Å². The molecule has 0 aromatic heterocycles. The Bertz CT molecular complexity index is 471. The van der Waals surface area contributed by atoms with Crippen LogP contribution in [0.5, 0.6) is 0 Å². The molecule has 1 fully saturated rings. The molecule has 0 bridgehead atoms. The number of nitrogens with zero attached hydrogens (tertiary/aromatic N) is 1. The van der Waals surface area contributed by atoms with Crippen molar-refractivity contribution >= 4 is 17.7 Å². The Kier molecular flexibility index (Phi) is 4.63. The lowest BCUT2D eigenvalue weighted by atomic mass is 10.0. The Morgan fingerprint density at radius 1 is 1.30 bits per heavy atom. The van der Waals surface area contributed by atoms with Crippen molar-refractivity contribution in [2.24, 2.45) is 0 Å². The van der Waals surface area contributed by atoms with E-state index in [0.29, 0.717) is 18.4 Å². The van der Waals surface area contributed by atoms with Gasteiger partial charge in [0, 0.05) is 37.0 Å². The summed E-state index contributed by atoms with van der Waals surface area (Å²) in [7, 11) is 0. The maximum Gasteiger partial charge on any atom is 0.223 e. The molecule has 1 unspecified atom stereocenters. The van der Waals surface area contributed by atoms with E-state index in [9.17, 15) is 4.79 Å². The molecular formula is C16H22N2OS. The van der Waals surface area contributed by atoms with Gasteiger partial charge in [-0.25, -0.2) is 0 Å². The molecule has 0 spiro atoms. The Morgan fingerprint density at radius 3 is 2.95 bits per heavy atom. The first-order valence-corrected chi connectivity index (χ1v) is 8.56. The van der Waals surface area contributed by atoms with Crippen LogP contribution in [0.2, 0.25) is 0 Å². The SMILES string of the molecule is O=C(CCNC1CCSc2ccccc21)N1CCCC1. The molecule has 2 aliphatic rings. The Labute approximate surface area is 125 Å². The number of thioether (sulfide) groups is 1. The summed E-state index contributed by atoms with van der Waals surface area (Å²) in [5.74, 6) is 1.47. The van der Waals surface area contributed by atoms with Gasteiger partial charge in [-0.3, -0.25) is 4.79 Å². The first-order chi connectivity index (χ1) is 9.84. The van der Waals surface area contributed by atoms with Crippen LogP contribution < -0.4 is 5.32 Å². The molecule has 1 saturated heterocycles. The van der Waals surface area contributed by atoms with Gasteiger partial charge in [0.2, 0.25) is 5.91 Å². The van der Waals surface area contributed by atoms with Gasteiger partial charge in [0.25, 0.3) is 0 Å². The third-order valence-electron chi connectivity index (χ3n) is 4.15. The number of rotatable bonds is 4. The van der Waals surface area contributed by atoms with E-state index in [2.05, 4.69) is 29.6 Å². The van der Waals surface area contributed by atoms with E-state index in [4.69, 9.17) is 0 Å². The second-order valence-corrected chi connectivity index (χ2v) is 6.66. The van der Waals surface area contributed by atoms with E-state index >= 15 is 0 Å². The zero-order chi connectivity index (χ0) is 13.8. The highest BCUT2D eigenvalue weighted by molar-refractivity contribution is 7.99. The summed E-state index contributed by atoms with van der Waals surface area (Å²) in [6.45, 7) is 2.71. The van der Waals surface area contributed by atoms with Gasteiger partial charge in [-0.15, -0.1) is 11.8 Å². The highest BCUT2D eigenvalue weighted by Crippen LogP contribution is 2.35. The molecule has 2 aliphatic heterocycles. The number of fused-ring (bicyclic) bond motifs is 1. The number of likely N-dealkylation sites (tertiary alicyclic amines) is 1. The molecule has 4 heteroatoms. The lowest BCUT2D eigenvalue weighted by Crippen LogP contribution is -2.32. The fourth-order valence-corrected chi connectivity index (χ4v) is 4.16. The number of nitrogens with one attached hydrogen (secondary N) is 1.